The van der Waals surface area contributed by atoms with E-state index in [0.717, 1.165) is 5.69 Å². The summed E-state index contributed by atoms with van der Waals surface area (Å²) < 4.78 is 1.84. The minimum atomic E-state index is 0.581. The second kappa shape index (κ2) is 3.37. The maximum absolute atomic E-state index is 5.70. The van der Waals surface area contributed by atoms with Gasteiger partial charge in [0.15, 0.2) is 0 Å². The molecule has 1 aliphatic carbocycles. The Morgan fingerprint density at radius 3 is 2.75 bits per heavy atom. The minimum Gasteiger partial charge on any atom is -0.382 e. The number of hydrogen-bond acceptors (Lipinski definition) is 2. The van der Waals surface area contributed by atoms with Gasteiger partial charge in [0.1, 0.15) is 5.82 Å². The van der Waals surface area contributed by atoms with Crippen molar-refractivity contribution in [3.8, 4) is 11.3 Å². The lowest BCUT2D eigenvalue weighted by molar-refractivity contribution is 0.780. The maximum atomic E-state index is 5.70. The molecule has 0 aliphatic heterocycles. The van der Waals surface area contributed by atoms with Crippen LogP contribution in [0.5, 0.6) is 0 Å². The largest absolute Gasteiger partial charge is 0.382 e. The topological polar surface area (TPSA) is 43.8 Å². The molecule has 2 aromatic rings. The highest BCUT2D eigenvalue weighted by Crippen LogP contribution is 2.28. The van der Waals surface area contributed by atoms with E-state index >= 15 is 0 Å². The van der Waals surface area contributed by atoms with Gasteiger partial charge in [0.25, 0.3) is 0 Å². The zero-order valence-corrected chi connectivity index (χ0v) is 9.40. The van der Waals surface area contributed by atoms with Gasteiger partial charge in [0.2, 0.25) is 0 Å². The second-order valence-corrected chi connectivity index (χ2v) is 4.42. The van der Waals surface area contributed by atoms with Crippen LogP contribution >= 0.6 is 0 Å². The number of hydrogen-bond donors (Lipinski definition) is 1. The average Bonchev–Trinajstić information content (AvgIpc) is 2.83. The molecule has 0 radical (unpaired) electrons. The number of fused-ring (bicyclic) bond motifs is 1. The molecule has 0 amide bonds. The molecule has 0 fully saturated rings. The first-order chi connectivity index (χ1) is 7.74. The highest BCUT2D eigenvalue weighted by Gasteiger charge is 2.13. The predicted molar refractivity (Wildman–Crippen MR) is 65.1 cm³/mol. The van der Waals surface area contributed by atoms with Crippen molar-refractivity contribution in [2.45, 2.75) is 19.3 Å². The molecule has 1 heterocycles. The van der Waals surface area contributed by atoms with E-state index in [1.807, 2.05) is 17.8 Å². The van der Waals surface area contributed by atoms with Gasteiger partial charge in [-0.2, -0.15) is 5.10 Å². The molecule has 0 bridgehead atoms. The summed E-state index contributed by atoms with van der Waals surface area (Å²) >= 11 is 0. The third-order valence-corrected chi connectivity index (χ3v) is 3.29. The summed E-state index contributed by atoms with van der Waals surface area (Å²) in [7, 11) is 1.93. The Hall–Kier alpha value is -1.77. The van der Waals surface area contributed by atoms with Crippen molar-refractivity contribution in [3.05, 3.63) is 35.4 Å². The van der Waals surface area contributed by atoms with E-state index in [-0.39, 0.29) is 0 Å². The van der Waals surface area contributed by atoms with Crippen LogP contribution in [0.25, 0.3) is 11.3 Å². The Balaban J connectivity index is 2.10. The summed E-state index contributed by atoms with van der Waals surface area (Å²) in [6.45, 7) is 0. The summed E-state index contributed by atoms with van der Waals surface area (Å²) in [5.41, 5.74) is 11.0. The molecule has 3 nitrogen and oxygen atoms in total. The molecule has 82 valence electrons. The fraction of sp³-hybridized carbons (Fsp3) is 0.308. The molecule has 16 heavy (non-hydrogen) atoms. The number of benzene rings is 1. The van der Waals surface area contributed by atoms with E-state index in [1.54, 1.807) is 0 Å². The number of anilines is 1. The zero-order valence-electron chi connectivity index (χ0n) is 9.40. The lowest BCUT2D eigenvalue weighted by Gasteiger charge is -2.05. The van der Waals surface area contributed by atoms with Gasteiger partial charge in [0, 0.05) is 18.7 Å². The van der Waals surface area contributed by atoms with Crippen molar-refractivity contribution in [1.82, 2.24) is 9.78 Å². The molecule has 0 spiro atoms. The van der Waals surface area contributed by atoms with Crippen LogP contribution in [0.3, 0.4) is 0 Å². The molecule has 3 heteroatoms. The third-order valence-electron chi connectivity index (χ3n) is 3.29. The van der Waals surface area contributed by atoms with E-state index < -0.39 is 0 Å². The predicted octanol–water partition coefficient (Wildman–Crippen LogP) is 2.16. The monoisotopic (exact) mass is 213 g/mol. The average molecular weight is 213 g/mol. The van der Waals surface area contributed by atoms with Crippen LogP contribution in [-0.2, 0) is 19.9 Å². The van der Waals surface area contributed by atoms with E-state index in [4.69, 9.17) is 5.73 Å². The van der Waals surface area contributed by atoms with Crippen LogP contribution in [0, 0.1) is 0 Å². The normalized spacial score (nSPS) is 14.1. The second-order valence-electron chi connectivity index (χ2n) is 4.42. The van der Waals surface area contributed by atoms with Gasteiger partial charge in [-0.05, 0) is 36.5 Å². The van der Waals surface area contributed by atoms with Gasteiger partial charge in [-0.15, -0.1) is 0 Å². The smallest absolute Gasteiger partial charge is 0.146 e. The first kappa shape index (κ1) is 9.46. The van der Waals surface area contributed by atoms with Gasteiger partial charge >= 0.3 is 0 Å². The van der Waals surface area contributed by atoms with Crippen LogP contribution in [0.15, 0.2) is 24.3 Å². The molecular weight excluding hydrogens is 198 g/mol. The molecule has 0 saturated carbocycles. The number of nitrogens with zero attached hydrogens (tertiary/aromatic N) is 2. The standard InChI is InChI=1S/C13H15N3/c1-16-12(8-13(14)15-16)11-6-5-9-3-2-4-10(9)7-11/h5-8H,2-4H2,1H3,(H2,14,15). The fourth-order valence-corrected chi connectivity index (χ4v) is 2.49. The van der Waals surface area contributed by atoms with Gasteiger partial charge in [-0.25, -0.2) is 0 Å². The Morgan fingerprint density at radius 2 is 2.00 bits per heavy atom. The summed E-state index contributed by atoms with van der Waals surface area (Å²) in [6.07, 6.45) is 3.71. The van der Waals surface area contributed by atoms with E-state index in [1.165, 1.54) is 36.0 Å². The fourth-order valence-electron chi connectivity index (χ4n) is 2.49. The third kappa shape index (κ3) is 1.40. The minimum absolute atomic E-state index is 0.581. The van der Waals surface area contributed by atoms with E-state index in [2.05, 4.69) is 23.3 Å². The quantitative estimate of drug-likeness (QED) is 0.788. The van der Waals surface area contributed by atoms with Gasteiger partial charge in [-0.1, -0.05) is 12.1 Å². The van der Waals surface area contributed by atoms with Gasteiger partial charge in [-0.3, -0.25) is 4.68 Å². The number of rotatable bonds is 1. The van der Waals surface area contributed by atoms with Crippen molar-refractivity contribution in [2.24, 2.45) is 7.05 Å². The summed E-state index contributed by atoms with van der Waals surface area (Å²) in [5.74, 6) is 0.581. The number of aromatic nitrogens is 2. The van der Waals surface area contributed by atoms with Crippen LogP contribution in [0.4, 0.5) is 5.82 Å². The number of aryl methyl sites for hydroxylation is 3. The molecular formula is C13H15N3. The van der Waals surface area contributed by atoms with E-state index in [0.29, 0.717) is 5.82 Å². The molecule has 3 rings (SSSR count). The molecule has 1 aromatic heterocycles. The molecule has 1 aromatic carbocycles. The van der Waals surface area contributed by atoms with Crippen LogP contribution in [-0.4, -0.2) is 9.78 Å². The highest BCUT2D eigenvalue weighted by molar-refractivity contribution is 5.64. The molecule has 0 atom stereocenters. The van der Waals surface area contributed by atoms with Crippen LogP contribution < -0.4 is 5.73 Å². The van der Waals surface area contributed by atoms with Crippen LogP contribution in [0.1, 0.15) is 17.5 Å². The highest BCUT2D eigenvalue weighted by atomic mass is 15.3. The first-order valence-corrected chi connectivity index (χ1v) is 5.66. The van der Waals surface area contributed by atoms with Gasteiger partial charge in [0.05, 0.1) is 5.69 Å². The number of nitrogens with two attached hydrogens (primary N) is 1. The summed E-state index contributed by atoms with van der Waals surface area (Å²) in [4.78, 5) is 0. The maximum Gasteiger partial charge on any atom is 0.146 e. The zero-order chi connectivity index (χ0) is 11.1. The lowest BCUT2D eigenvalue weighted by Crippen LogP contribution is -1.95. The molecule has 0 unspecified atom stereocenters. The molecule has 1 aliphatic rings. The first-order valence-electron chi connectivity index (χ1n) is 5.66. The van der Waals surface area contributed by atoms with E-state index in [9.17, 15) is 0 Å². The van der Waals surface area contributed by atoms with Crippen molar-refractivity contribution in [2.75, 3.05) is 5.73 Å². The Bertz CT molecular complexity index is 540. The Morgan fingerprint density at radius 1 is 1.19 bits per heavy atom. The number of nitrogen functional groups attached to an aromatic ring is 1. The van der Waals surface area contributed by atoms with Crippen molar-refractivity contribution in [3.63, 3.8) is 0 Å². The SMILES string of the molecule is Cn1nc(N)cc1-c1ccc2c(c1)CCC2. The van der Waals surface area contributed by atoms with Gasteiger partial charge < -0.3 is 5.73 Å². The van der Waals surface area contributed by atoms with Crippen molar-refractivity contribution < 1.29 is 0 Å². The Labute approximate surface area is 94.9 Å². The summed E-state index contributed by atoms with van der Waals surface area (Å²) in [6, 6.07) is 8.61. The molecule has 0 saturated heterocycles. The van der Waals surface area contributed by atoms with Crippen molar-refractivity contribution in [1.29, 1.82) is 0 Å². The lowest BCUT2D eigenvalue weighted by atomic mass is 10.0. The molecule has 2 N–H and O–H groups in total. The van der Waals surface area contributed by atoms with Crippen molar-refractivity contribution >= 4 is 5.82 Å². The van der Waals surface area contributed by atoms with Crippen LogP contribution in [0.2, 0.25) is 0 Å². The summed E-state index contributed by atoms with van der Waals surface area (Å²) in [5, 5.41) is 4.18. The Kier molecular flexibility index (Phi) is 1.99.